The molecular formula is C15H10BrCl2NO3. The molecule has 114 valence electrons. The van der Waals surface area contributed by atoms with E-state index in [2.05, 4.69) is 21.2 Å². The molecule has 4 nitrogen and oxygen atoms in total. The Morgan fingerprint density at radius 2 is 1.86 bits per heavy atom. The van der Waals surface area contributed by atoms with Crippen LogP contribution in [0.4, 0.5) is 5.69 Å². The molecule has 1 N–H and O–H groups in total. The van der Waals surface area contributed by atoms with Gasteiger partial charge in [-0.25, -0.2) is 4.79 Å². The van der Waals surface area contributed by atoms with Crippen molar-refractivity contribution in [2.45, 2.75) is 0 Å². The fourth-order valence-corrected chi connectivity index (χ4v) is 2.48. The molecule has 0 aliphatic carbocycles. The standard InChI is InChI=1S/C15H10BrCl2NO3/c16-11-3-1-2-4-13(11)19-14(20)8-22-15(21)10-6-5-9(17)7-12(10)18/h1-7H,8H2,(H,19,20). The maximum absolute atomic E-state index is 11.9. The van der Waals surface area contributed by atoms with E-state index in [1.165, 1.54) is 18.2 Å². The number of carbonyl (C=O) groups is 2. The number of halogens is 3. The maximum atomic E-state index is 11.9. The molecule has 0 saturated carbocycles. The summed E-state index contributed by atoms with van der Waals surface area (Å²) in [6.07, 6.45) is 0. The molecule has 0 spiro atoms. The number of nitrogens with one attached hydrogen (secondary N) is 1. The molecule has 1 amide bonds. The van der Waals surface area contributed by atoms with Crippen LogP contribution in [0.25, 0.3) is 0 Å². The zero-order chi connectivity index (χ0) is 16.1. The van der Waals surface area contributed by atoms with E-state index >= 15 is 0 Å². The van der Waals surface area contributed by atoms with Gasteiger partial charge in [0.05, 0.1) is 16.3 Å². The SMILES string of the molecule is O=C(COC(=O)c1ccc(Cl)cc1Cl)Nc1ccccc1Br. The van der Waals surface area contributed by atoms with Crippen molar-refractivity contribution in [3.05, 3.63) is 62.5 Å². The fraction of sp³-hybridized carbons (Fsp3) is 0.0667. The largest absolute Gasteiger partial charge is 0.452 e. The predicted molar refractivity (Wildman–Crippen MR) is 89.5 cm³/mol. The molecule has 2 aromatic carbocycles. The molecule has 22 heavy (non-hydrogen) atoms. The summed E-state index contributed by atoms with van der Waals surface area (Å²) < 4.78 is 5.66. The fourth-order valence-electron chi connectivity index (χ4n) is 1.61. The Labute approximate surface area is 145 Å². The number of benzene rings is 2. The summed E-state index contributed by atoms with van der Waals surface area (Å²) in [7, 11) is 0. The lowest BCUT2D eigenvalue weighted by Gasteiger charge is -2.08. The molecule has 7 heteroatoms. The minimum absolute atomic E-state index is 0.153. The number of rotatable bonds is 4. The van der Waals surface area contributed by atoms with Crippen LogP contribution in [0.1, 0.15) is 10.4 Å². The topological polar surface area (TPSA) is 55.4 Å². The van der Waals surface area contributed by atoms with Gasteiger partial charge >= 0.3 is 5.97 Å². The Morgan fingerprint density at radius 1 is 1.14 bits per heavy atom. The Morgan fingerprint density at radius 3 is 2.55 bits per heavy atom. The van der Waals surface area contributed by atoms with Gasteiger partial charge in [0.15, 0.2) is 6.61 Å². The van der Waals surface area contributed by atoms with E-state index < -0.39 is 18.5 Å². The number of amides is 1. The highest BCUT2D eigenvalue weighted by Gasteiger charge is 2.14. The average Bonchev–Trinajstić information content (AvgIpc) is 2.47. The van der Waals surface area contributed by atoms with E-state index in [9.17, 15) is 9.59 Å². The first-order chi connectivity index (χ1) is 10.5. The van der Waals surface area contributed by atoms with Gasteiger partial charge in [-0.1, -0.05) is 35.3 Å². The summed E-state index contributed by atoms with van der Waals surface area (Å²) in [6.45, 7) is -0.418. The highest BCUT2D eigenvalue weighted by molar-refractivity contribution is 9.10. The van der Waals surface area contributed by atoms with Crippen LogP contribution < -0.4 is 5.32 Å². The first-order valence-corrected chi connectivity index (χ1v) is 7.69. The van der Waals surface area contributed by atoms with Gasteiger partial charge in [0.2, 0.25) is 0 Å². The number of para-hydroxylation sites is 1. The first kappa shape index (κ1) is 16.8. The van der Waals surface area contributed by atoms with Gasteiger partial charge in [-0.3, -0.25) is 4.79 Å². The molecule has 0 saturated heterocycles. The lowest BCUT2D eigenvalue weighted by molar-refractivity contribution is -0.119. The second-order valence-corrected chi connectivity index (χ2v) is 5.93. The van der Waals surface area contributed by atoms with E-state index in [1.54, 1.807) is 18.2 Å². The van der Waals surface area contributed by atoms with Gasteiger partial charge in [0.1, 0.15) is 0 Å². The molecular weight excluding hydrogens is 393 g/mol. The smallest absolute Gasteiger partial charge is 0.340 e. The van der Waals surface area contributed by atoms with Gasteiger partial charge in [-0.2, -0.15) is 0 Å². The van der Waals surface area contributed by atoms with Crippen LogP contribution in [0.3, 0.4) is 0 Å². The van der Waals surface area contributed by atoms with E-state index in [-0.39, 0.29) is 10.6 Å². The monoisotopic (exact) mass is 401 g/mol. The number of hydrogen-bond donors (Lipinski definition) is 1. The van der Waals surface area contributed by atoms with Crippen molar-refractivity contribution in [2.24, 2.45) is 0 Å². The number of hydrogen-bond acceptors (Lipinski definition) is 3. The van der Waals surface area contributed by atoms with Gasteiger partial charge < -0.3 is 10.1 Å². The van der Waals surface area contributed by atoms with Crippen LogP contribution in [0.15, 0.2) is 46.9 Å². The Balaban J connectivity index is 1.93. The number of ether oxygens (including phenoxy) is 1. The molecule has 2 rings (SSSR count). The highest BCUT2D eigenvalue weighted by Crippen LogP contribution is 2.22. The van der Waals surface area contributed by atoms with Crippen molar-refractivity contribution >= 4 is 56.7 Å². The molecule has 0 unspecified atom stereocenters. The van der Waals surface area contributed by atoms with Crippen LogP contribution in [-0.4, -0.2) is 18.5 Å². The second-order valence-electron chi connectivity index (χ2n) is 4.23. The molecule has 0 fully saturated rings. The molecule has 0 radical (unpaired) electrons. The third kappa shape index (κ3) is 4.47. The van der Waals surface area contributed by atoms with Gasteiger partial charge in [0, 0.05) is 9.50 Å². The normalized spacial score (nSPS) is 10.1. The van der Waals surface area contributed by atoms with E-state index in [0.29, 0.717) is 10.7 Å². The summed E-state index contributed by atoms with van der Waals surface area (Å²) in [6, 6.07) is 11.5. The number of anilines is 1. The van der Waals surface area contributed by atoms with Crippen LogP contribution >= 0.6 is 39.1 Å². The van der Waals surface area contributed by atoms with E-state index in [0.717, 1.165) is 4.47 Å². The zero-order valence-electron chi connectivity index (χ0n) is 11.1. The van der Waals surface area contributed by atoms with Gasteiger partial charge in [-0.15, -0.1) is 0 Å². The quantitative estimate of drug-likeness (QED) is 0.763. The van der Waals surface area contributed by atoms with Crippen LogP contribution in [0, 0.1) is 0 Å². The summed E-state index contributed by atoms with van der Waals surface area (Å²) >= 11 is 15.0. The minimum atomic E-state index is -0.691. The molecule has 2 aromatic rings. The van der Waals surface area contributed by atoms with E-state index in [4.69, 9.17) is 27.9 Å². The Bertz CT molecular complexity index is 722. The lowest BCUT2D eigenvalue weighted by Crippen LogP contribution is -2.21. The average molecular weight is 403 g/mol. The van der Waals surface area contributed by atoms with Gasteiger partial charge in [-0.05, 0) is 46.3 Å². The van der Waals surface area contributed by atoms with Gasteiger partial charge in [0.25, 0.3) is 5.91 Å². The number of esters is 1. The zero-order valence-corrected chi connectivity index (χ0v) is 14.2. The third-order valence-corrected chi connectivity index (χ3v) is 3.87. The predicted octanol–water partition coefficient (Wildman–Crippen LogP) is 4.55. The molecule has 0 bridgehead atoms. The van der Waals surface area contributed by atoms with Crippen molar-refractivity contribution in [2.75, 3.05) is 11.9 Å². The highest BCUT2D eigenvalue weighted by atomic mass is 79.9. The second kappa shape index (κ2) is 7.63. The van der Waals surface area contributed by atoms with Crippen molar-refractivity contribution in [3.8, 4) is 0 Å². The first-order valence-electron chi connectivity index (χ1n) is 6.14. The summed E-state index contributed by atoms with van der Waals surface area (Å²) in [4.78, 5) is 23.6. The summed E-state index contributed by atoms with van der Waals surface area (Å²) in [5, 5.41) is 3.20. The molecule has 0 aliphatic heterocycles. The molecule has 0 aliphatic rings. The van der Waals surface area contributed by atoms with Crippen LogP contribution in [0.5, 0.6) is 0 Å². The molecule has 0 heterocycles. The maximum Gasteiger partial charge on any atom is 0.340 e. The van der Waals surface area contributed by atoms with Crippen molar-refractivity contribution in [1.82, 2.24) is 0 Å². The number of carbonyl (C=O) groups excluding carboxylic acids is 2. The summed E-state index contributed by atoms with van der Waals surface area (Å²) in [5.74, 6) is -1.14. The van der Waals surface area contributed by atoms with Crippen molar-refractivity contribution in [1.29, 1.82) is 0 Å². The van der Waals surface area contributed by atoms with Crippen LogP contribution in [-0.2, 0) is 9.53 Å². The molecule has 0 aromatic heterocycles. The van der Waals surface area contributed by atoms with E-state index in [1.807, 2.05) is 6.07 Å². The Kier molecular flexibility index (Phi) is 5.83. The minimum Gasteiger partial charge on any atom is -0.452 e. The van der Waals surface area contributed by atoms with Crippen molar-refractivity contribution in [3.63, 3.8) is 0 Å². The Hall–Kier alpha value is -1.56. The summed E-state index contributed by atoms with van der Waals surface area (Å²) in [5.41, 5.74) is 0.743. The van der Waals surface area contributed by atoms with Crippen LogP contribution in [0.2, 0.25) is 10.0 Å². The third-order valence-electron chi connectivity index (χ3n) is 2.63. The molecule has 0 atom stereocenters. The lowest BCUT2D eigenvalue weighted by atomic mass is 10.2. The van der Waals surface area contributed by atoms with Crippen molar-refractivity contribution < 1.29 is 14.3 Å².